The van der Waals surface area contributed by atoms with E-state index in [-0.39, 0.29) is 0 Å². The van der Waals surface area contributed by atoms with Crippen molar-refractivity contribution in [3.8, 4) is 0 Å². The zero-order chi connectivity index (χ0) is 8.60. The van der Waals surface area contributed by atoms with Gasteiger partial charge in [-0.25, -0.2) is 0 Å². The second kappa shape index (κ2) is 3.00. The third-order valence-corrected chi connectivity index (χ3v) is 3.35. The minimum Gasteiger partial charge on any atom is -0.309 e. The predicted molar refractivity (Wildman–Crippen MR) is 51.3 cm³/mol. The van der Waals surface area contributed by atoms with Gasteiger partial charge in [-0.05, 0) is 26.2 Å². The molecule has 2 aliphatic rings. The van der Waals surface area contributed by atoms with E-state index in [1.807, 2.05) is 0 Å². The van der Waals surface area contributed by atoms with Gasteiger partial charge in [0.15, 0.2) is 0 Å². The molecule has 12 heavy (non-hydrogen) atoms. The number of rotatable bonds is 2. The van der Waals surface area contributed by atoms with Gasteiger partial charge in [0.05, 0.1) is 0 Å². The summed E-state index contributed by atoms with van der Waals surface area (Å²) < 4.78 is 0. The predicted octanol–water partition coefficient (Wildman–Crippen LogP) is 1.22. The quantitative estimate of drug-likeness (QED) is 0.667. The molecule has 1 unspecified atom stereocenters. The molecular weight excluding hydrogens is 148 g/mol. The van der Waals surface area contributed by atoms with Crippen LogP contribution < -0.4 is 5.32 Å². The van der Waals surface area contributed by atoms with E-state index in [0.717, 1.165) is 6.04 Å². The van der Waals surface area contributed by atoms with Crippen molar-refractivity contribution in [2.75, 3.05) is 19.6 Å². The summed E-state index contributed by atoms with van der Waals surface area (Å²) in [5.74, 6) is 0. The van der Waals surface area contributed by atoms with Gasteiger partial charge in [-0.15, -0.1) is 0 Å². The van der Waals surface area contributed by atoms with Crippen LogP contribution in [0.15, 0.2) is 0 Å². The minimum absolute atomic E-state index is 0.390. The van der Waals surface area contributed by atoms with Crippen LogP contribution in [0.25, 0.3) is 0 Å². The van der Waals surface area contributed by atoms with E-state index in [1.165, 1.54) is 38.9 Å². The molecule has 0 radical (unpaired) electrons. The van der Waals surface area contributed by atoms with Crippen molar-refractivity contribution in [1.82, 2.24) is 10.2 Å². The maximum atomic E-state index is 3.62. The van der Waals surface area contributed by atoms with Gasteiger partial charge in [-0.2, -0.15) is 0 Å². The maximum absolute atomic E-state index is 3.62. The van der Waals surface area contributed by atoms with E-state index in [2.05, 4.69) is 24.1 Å². The second-order valence-corrected chi connectivity index (χ2v) is 4.54. The van der Waals surface area contributed by atoms with Crippen molar-refractivity contribution in [2.45, 2.75) is 44.7 Å². The summed E-state index contributed by atoms with van der Waals surface area (Å²) in [5.41, 5.74) is 0.390. The minimum atomic E-state index is 0.390. The van der Waals surface area contributed by atoms with Crippen molar-refractivity contribution in [2.24, 2.45) is 0 Å². The van der Waals surface area contributed by atoms with Crippen LogP contribution in [0.2, 0.25) is 0 Å². The molecule has 2 heteroatoms. The highest BCUT2D eigenvalue weighted by atomic mass is 15.3. The van der Waals surface area contributed by atoms with Crippen molar-refractivity contribution in [3.63, 3.8) is 0 Å². The molecule has 0 amide bonds. The first kappa shape index (κ1) is 8.52. The number of hydrogen-bond acceptors (Lipinski definition) is 2. The number of nitrogens with one attached hydrogen (secondary N) is 1. The Hall–Kier alpha value is -0.0800. The zero-order valence-electron chi connectivity index (χ0n) is 8.27. The molecule has 1 heterocycles. The number of hydrogen-bond donors (Lipinski definition) is 1. The lowest BCUT2D eigenvalue weighted by molar-refractivity contribution is 0.133. The molecule has 1 N–H and O–H groups in total. The van der Waals surface area contributed by atoms with Gasteiger partial charge >= 0.3 is 0 Å². The highest BCUT2D eigenvalue weighted by Crippen LogP contribution is 2.29. The summed E-state index contributed by atoms with van der Waals surface area (Å²) in [7, 11) is 0. The normalized spacial score (nSPS) is 38.5. The Balaban J connectivity index is 1.93. The highest BCUT2D eigenvalue weighted by Gasteiger charge is 2.36. The van der Waals surface area contributed by atoms with Gasteiger partial charge in [0.25, 0.3) is 0 Å². The molecule has 0 spiro atoms. The molecule has 0 aromatic heterocycles. The van der Waals surface area contributed by atoms with Crippen LogP contribution >= 0.6 is 0 Å². The molecule has 70 valence electrons. The monoisotopic (exact) mass is 168 g/mol. The van der Waals surface area contributed by atoms with Gasteiger partial charge in [0.1, 0.15) is 0 Å². The number of nitrogens with zero attached hydrogens (tertiary/aromatic N) is 1. The average Bonchev–Trinajstić information content (AvgIpc) is 2.87. The van der Waals surface area contributed by atoms with Gasteiger partial charge in [0.2, 0.25) is 0 Å². The fourth-order valence-electron chi connectivity index (χ4n) is 2.07. The van der Waals surface area contributed by atoms with Crippen molar-refractivity contribution in [3.05, 3.63) is 0 Å². The summed E-state index contributed by atoms with van der Waals surface area (Å²) in [6, 6.07) is 0.943. The van der Waals surface area contributed by atoms with Gasteiger partial charge < -0.3 is 5.32 Å². The molecule has 0 bridgehead atoms. The van der Waals surface area contributed by atoms with Crippen LogP contribution in [0.5, 0.6) is 0 Å². The summed E-state index contributed by atoms with van der Waals surface area (Å²) in [6.07, 6.45) is 4.13. The lowest BCUT2D eigenvalue weighted by Crippen LogP contribution is -2.58. The molecule has 1 saturated heterocycles. The standard InChI is InChI=1S/C10H20N2/c1-3-10(2)8-12(7-6-11-10)9-4-5-9/h9,11H,3-8H2,1-2H3. The lowest BCUT2D eigenvalue weighted by Gasteiger charge is -2.41. The van der Waals surface area contributed by atoms with Crippen LogP contribution in [-0.2, 0) is 0 Å². The Morgan fingerprint density at radius 3 is 2.83 bits per heavy atom. The Morgan fingerprint density at radius 1 is 1.50 bits per heavy atom. The van der Waals surface area contributed by atoms with E-state index < -0.39 is 0 Å². The third-order valence-electron chi connectivity index (χ3n) is 3.35. The topological polar surface area (TPSA) is 15.3 Å². The fraction of sp³-hybridized carbons (Fsp3) is 1.00. The molecule has 0 aromatic rings. The fourth-order valence-corrected chi connectivity index (χ4v) is 2.07. The molecule has 1 saturated carbocycles. The molecule has 0 aromatic carbocycles. The molecule has 2 fully saturated rings. The zero-order valence-corrected chi connectivity index (χ0v) is 8.27. The Kier molecular flexibility index (Phi) is 2.13. The molecule has 1 aliphatic heterocycles. The van der Waals surface area contributed by atoms with E-state index in [4.69, 9.17) is 0 Å². The van der Waals surface area contributed by atoms with Crippen LogP contribution in [0, 0.1) is 0 Å². The largest absolute Gasteiger partial charge is 0.309 e. The molecule has 2 nitrogen and oxygen atoms in total. The van der Waals surface area contributed by atoms with E-state index in [0.29, 0.717) is 5.54 Å². The van der Waals surface area contributed by atoms with E-state index >= 15 is 0 Å². The number of piperazine rings is 1. The van der Waals surface area contributed by atoms with Crippen molar-refractivity contribution < 1.29 is 0 Å². The summed E-state index contributed by atoms with van der Waals surface area (Å²) >= 11 is 0. The van der Waals surface area contributed by atoms with E-state index in [9.17, 15) is 0 Å². The molecule has 1 atom stereocenters. The first-order chi connectivity index (χ1) is 5.73. The average molecular weight is 168 g/mol. The first-order valence-corrected chi connectivity index (χ1v) is 5.22. The first-order valence-electron chi connectivity index (χ1n) is 5.22. The Labute approximate surface area is 75.3 Å². The van der Waals surface area contributed by atoms with Gasteiger partial charge in [-0.3, -0.25) is 4.90 Å². The van der Waals surface area contributed by atoms with Crippen LogP contribution in [0.4, 0.5) is 0 Å². The summed E-state index contributed by atoms with van der Waals surface area (Å²) in [6.45, 7) is 8.33. The molecule has 2 rings (SSSR count). The summed E-state index contributed by atoms with van der Waals surface area (Å²) in [5, 5.41) is 3.62. The van der Waals surface area contributed by atoms with Crippen LogP contribution in [0.1, 0.15) is 33.1 Å². The highest BCUT2D eigenvalue weighted by molar-refractivity contribution is 4.95. The second-order valence-electron chi connectivity index (χ2n) is 4.54. The molecule has 1 aliphatic carbocycles. The van der Waals surface area contributed by atoms with E-state index in [1.54, 1.807) is 0 Å². The third kappa shape index (κ3) is 1.64. The SMILES string of the molecule is CCC1(C)CN(C2CC2)CCN1. The van der Waals surface area contributed by atoms with Gasteiger partial charge in [0, 0.05) is 31.2 Å². The Bertz CT molecular complexity index is 165. The van der Waals surface area contributed by atoms with Gasteiger partial charge in [-0.1, -0.05) is 6.92 Å². The smallest absolute Gasteiger partial charge is 0.0278 e. The summed E-state index contributed by atoms with van der Waals surface area (Å²) in [4.78, 5) is 2.67. The Morgan fingerprint density at radius 2 is 2.25 bits per heavy atom. The molecular formula is C10H20N2. The van der Waals surface area contributed by atoms with Crippen molar-refractivity contribution >= 4 is 0 Å². The van der Waals surface area contributed by atoms with Crippen LogP contribution in [-0.4, -0.2) is 36.1 Å². The van der Waals surface area contributed by atoms with Crippen molar-refractivity contribution in [1.29, 1.82) is 0 Å². The maximum Gasteiger partial charge on any atom is 0.0278 e. The van der Waals surface area contributed by atoms with Crippen LogP contribution in [0.3, 0.4) is 0 Å². The lowest BCUT2D eigenvalue weighted by atomic mass is 9.96.